The molecule has 1 aliphatic rings. The highest BCUT2D eigenvalue weighted by Gasteiger charge is 2.53. The number of nitrogens with two attached hydrogens (primary N) is 1. The second-order valence-electron chi connectivity index (χ2n) is 9.94. The largest absolute Gasteiger partial charge is 0.445 e. The standard InChI is InChI=1S/C32H29FN4O4/c1-37(30(39)32(17-18-32)36-31(40)41-20-21-5-3-2-4-6-21)26-14-9-23(10-15-26)29(38)35-28-19-24(11-16-27(28)34)22-7-12-25(33)13-8-22/h2-16,19H,17-18,20,34H2,1H3,(H,35,38)(H,36,40). The van der Waals surface area contributed by atoms with Gasteiger partial charge in [0.25, 0.3) is 11.8 Å². The van der Waals surface area contributed by atoms with Crippen LogP contribution in [0.15, 0.2) is 97.1 Å². The molecule has 4 aromatic rings. The summed E-state index contributed by atoms with van der Waals surface area (Å²) in [6.45, 7) is 0.110. The average molecular weight is 553 g/mol. The Morgan fingerprint density at radius 2 is 1.56 bits per heavy atom. The molecular formula is C32H29FN4O4. The third-order valence-electron chi connectivity index (χ3n) is 7.01. The summed E-state index contributed by atoms with van der Waals surface area (Å²) in [7, 11) is 1.62. The minimum absolute atomic E-state index is 0.110. The fourth-order valence-electron chi connectivity index (χ4n) is 4.43. The topological polar surface area (TPSA) is 114 Å². The highest BCUT2D eigenvalue weighted by molar-refractivity contribution is 6.07. The number of nitrogens with one attached hydrogen (secondary N) is 2. The molecular weight excluding hydrogens is 523 g/mol. The molecule has 3 amide bonds. The molecule has 1 fully saturated rings. The van der Waals surface area contributed by atoms with Gasteiger partial charge in [-0.15, -0.1) is 0 Å². The molecule has 8 nitrogen and oxygen atoms in total. The number of carbonyl (C=O) groups is 3. The smallest absolute Gasteiger partial charge is 0.408 e. The van der Waals surface area contributed by atoms with E-state index >= 15 is 0 Å². The molecule has 0 atom stereocenters. The molecule has 0 saturated heterocycles. The van der Waals surface area contributed by atoms with E-state index in [0.717, 1.165) is 16.7 Å². The van der Waals surface area contributed by atoms with E-state index in [0.29, 0.717) is 35.5 Å². The Morgan fingerprint density at radius 3 is 2.22 bits per heavy atom. The van der Waals surface area contributed by atoms with Crippen LogP contribution in [-0.4, -0.2) is 30.5 Å². The molecule has 208 valence electrons. The van der Waals surface area contributed by atoms with Gasteiger partial charge in [0.15, 0.2) is 0 Å². The molecule has 0 unspecified atom stereocenters. The van der Waals surface area contributed by atoms with Crippen LogP contribution < -0.4 is 21.3 Å². The maximum absolute atomic E-state index is 13.3. The summed E-state index contributed by atoms with van der Waals surface area (Å²) in [6.07, 6.45) is 0.369. The molecule has 0 radical (unpaired) electrons. The van der Waals surface area contributed by atoms with E-state index in [-0.39, 0.29) is 24.2 Å². The van der Waals surface area contributed by atoms with Gasteiger partial charge in [-0.1, -0.05) is 48.5 Å². The summed E-state index contributed by atoms with van der Waals surface area (Å²) in [6, 6.07) is 27.1. The minimum Gasteiger partial charge on any atom is -0.445 e. The predicted molar refractivity (Wildman–Crippen MR) is 156 cm³/mol. The summed E-state index contributed by atoms with van der Waals surface area (Å²) in [5.74, 6) is -0.981. The first-order valence-electron chi connectivity index (χ1n) is 13.1. The van der Waals surface area contributed by atoms with E-state index in [1.54, 1.807) is 61.6 Å². The van der Waals surface area contributed by atoms with Gasteiger partial charge in [-0.25, -0.2) is 9.18 Å². The Labute approximate surface area is 236 Å². The molecule has 1 aliphatic carbocycles. The Bertz CT molecular complexity index is 1570. The van der Waals surface area contributed by atoms with Crippen LogP contribution in [0.4, 0.5) is 26.2 Å². The van der Waals surface area contributed by atoms with E-state index in [1.807, 2.05) is 30.3 Å². The fraction of sp³-hybridized carbons (Fsp3) is 0.156. The van der Waals surface area contributed by atoms with Crippen molar-refractivity contribution in [2.24, 2.45) is 0 Å². The Morgan fingerprint density at radius 1 is 0.902 bits per heavy atom. The monoisotopic (exact) mass is 552 g/mol. The van der Waals surface area contributed by atoms with Crippen LogP contribution in [0.25, 0.3) is 11.1 Å². The van der Waals surface area contributed by atoms with Gasteiger partial charge in [-0.2, -0.15) is 0 Å². The van der Waals surface area contributed by atoms with Gasteiger partial charge in [0.05, 0.1) is 11.4 Å². The lowest BCUT2D eigenvalue weighted by atomic mass is 10.0. The molecule has 4 aromatic carbocycles. The number of hydrogen-bond donors (Lipinski definition) is 3. The molecule has 0 aromatic heterocycles. The number of amides is 3. The normalized spacial score (nSPS) is 13.1. The zero-order chi connectivity index (χ0) is 29.0. The second kappa shape index (κ2) is 11.5. The number of likely N-dealkylation sites (N-methyl/N-ethyl adjacent to an activating group) is 1. The minimum atomic E-state index is -1.01. The molecule has 1 saturated carbocycles. The number of alkyl carbamates (subject to hydrolysis) is 1. The van der Waals surface area contributed by atoms with Crippen molar-refractivity contribution in [1.29, 1.82) is 0 Å². The zero-order valence-corrected chi connectivity index (χ0v) is 22.4. The molecule has 9 heteroatoms. The first-order valence-corrected chi connectivity index (χ1v) is 13.1. The Kier molecular flexibility index (Phi) is 7.69. The van der Waals surface area contributed by atoms with Crippen LogP contribution in [0.3, 0.4) is 0 Å². The lowest BCUT2D eigenvalue weighted by Crippen LogP contribution is -2.49. The van der Waals surface area contributed by atoms with E-state index in [2.05, 4.69) is 10.6 Å². The lowest BCUT2D eigenvalue weighted by molar-refractivity contribution is -0.121. The van der Waals surface area contributed by atoms with Crippen molar-refractivity contribution in [3.8, 4) is 11.1 Å². The molecule has 0 aliphatic heterocycles. The zero-order valence-electron chi connectivity index (χ0n) is 22.4. The highest BCUT2D eigenvalue weighted by Crippen LogP contribution is 2.38. The number of benzene rings is 4. The van der Waals surface area contributed by atoms with Crippen LogP contribution in [0.1, 0.15) is 28.8 Å². The van der Waals surface area contributed by atoms with Gasteiger partial charge in [-0.05, 0) is 78.1 Å². The molecule has 4 N–H and O–H groups in total. The van der Waals surface area contributed by atoms with Crippen LogP contribution in [0.5, 0.6) is 0 Å². The van der Waals surface area contributed by atoms with Crippen molar-refractivity contribution < 1.29 is 23.5 Å². The van der Waals surface area contributed by atoms with Gasteiger partial charge in [0.1, 0.15) is 18.0 Å². The van der Waals surface area contributed by atoms with Gasteiger partial charge in [-0.3, -0.25) is 9.59 Å². The maximum atomic E-state index is 13.3. The van der Waals surface area contributed by atoms with Crippen molar-refractivity contribution in [2.45, 2.75) is 25.0 Å². The number of hydrogen-bond acceptors (Lipinski definition) is 5. The van der Waals surface area contributed by atoms with E-state index in [4.69, 9.17) is 10.5 Å². The lowest BCUT2D eigenvalue weighted by Gasteiger charge is -2.24. The molecule has 41 heavy (non-hydrogen) atoms. The van der Waals surface area contributed by atoms with Crippen LogP contribution >= 0.6 is 0 Å². The van der Waals surface area contributed by atoms with Crippen molar-refractivity contribution >= 4 is 35.0 Å². The summed E-state index contributed by atoms with van der Waals surface area (Å²) < 4.78 is 18.6. The maximum Gasteiger partial charge on any atom is 0.408 e. The number of nitrogens with zero attached hydrogens (tertiary/aromatic N) is 1. The summed E-state index contributed by atoms with van der Waals surface area (Å²) in [4.78, 5) is 40.0. The quantitative estimate of drug-likeness (QED) is 0.241. The Hall–Kier alpha value is -5.18. The van der Waals surface area contributed by atoms with E-state index in [1.165, 1.54) is 17.0 Å². The number of anilines is 3. The molecule has 5 rings (SSSR count). The number of ether oxygens (including phenoxy) is 1. The van der Waals surface area contributed by atoms with Gasteiger partial charge < -0.3 is 26.0 Å². The number of carbonyl (C=O) groups excluding carboxylic acids is 3. The van der Waals surface area contributed by atoms with E-state index < -0.39 is 11.6 Å². The van der Waals surface area contributed by atoms with E-state index in [9.17, 15) is 18.8 Å². The molecule has 0 bridgehead atoms. The first kappa shape index (κ1) is 27.4. The predicted octanol–water partition coefficient (Wildman–Crippen LogP) is 5.75. The second-order valence-corrected chi connectivity index (χ2v) is 9.94. The van der Waals surface area contributed by atoms with Crippen molar-refractivity contribution in [3.63, 3.8) is 0 Å². The summed E-state index contributed by atoms with van der Waals surface area (Å²) >= 11 is 0. The van der Waals surface area contributed by atoms with Crippen molar-refractivity contribution in [1.82, 2.24) is 5.32 Å². The summed E-state index contributed by atoms with van der Waals surface area (Å²) in [5, 5.41) is 5.54. The number of rotatable bonds is 8. The van der Waals surface area contributed by atoms with Gasteiger partial charge in [0.2, 0.25) is 0 Å². The van der Waals surface area contributed by atoms with Crippen LogP contribution in [0.2, 0.25) is 0 Å². The van der Waals surface area contributed by atoms with Crippen molar-refractivity contribution in [2.75, 3.05) is 23.0 Å². The van der Waals surface area contributed by atoms with Crippen LogP contribution in [0, 0.1) is 5.82 Å². The third-order valence-corrected chi connectivity index (χ3v) is 7.01. The first-order chi connectivity index (χ1) is 19.7. The molecule has 0 spiro atoms. The Balaban J connectivity index is 1.20. The average Bonchev–Trinajstić information content (AvgIpc) is 3.78. The highest BCUT2D eigenvalue weighted by atomic mass is 19.1. The number of nitrogen functional groups attached to an aromatic ring is 1. The number of halogens is 1. The van der Waals surface area contributed by atoms with Gasteiger partial charge >= 0.3 is 6.09 Å². The fourth-order valence-corrected chi connectivity index (χ4v) is 4.43. The molecule has 0 heterocycles. The van der Waals surface area contributed by atoms with Crippen molar-refractivity contribution in [3.05, 3.63) is 114 Å². The SMILES string of the molecule is CN(C(=O)C1(NC(=O)OCc2ccccc2)CC1)c1ccc(C(=O)Nc2cc(-c3ccc(F)cc3)ccc2N)cc1. The summed E-state index contributed by atoms with van der Waals surface area (Å²) in [5.41, 5.74) is 9.23. The van der Waals surface area contributed by atoms with Gasteiger partial charge in [0, 0.05) is 18.3 Å². The third kappa shape index (κ3) is 6.36. The van der Waals surface area contributed by atoms with Crippen LogP contribution in [-0.2, 0) is 16.1 Å².